The average molecular weight is 371 g/mol. The summed E-state index contributed by atoms with van der Waals surface area (Å²) in [5.41, 5.74) is 1.00. The number of amides is 1. The number of aliphatic hydroxyl groups excluding tert-OH is 1. The Morgan fingerprint density at radius 2 is 1.92 bits per heavy atom. The minimum Gasteiger partial charge on any atom is -0.391 e. The van der Waals surface area contributed by atoms with E-state index in [4.69, 9.17) is 0 Å². The fourth-order valence-corrected chi connectivity index (χ4v) is 5.97. The lowest BCUT2D eigenvalue weighted by Crippen LogP contribution is -2.42. The number of nitrogens with zero attached hydrogens (tertiary/aromatic N) is 2. The van der Waals surface area contributed by atoms with E-state index in [2.05, 4.69) is 6.08 Å². The van der Waals surface area contributed by atoms with Crippen LogP contribution in [0.5, 0.6) is 0 Å². The van der Waals surface area contributed by atoms with Gasteiger partial charge in [0.2, 0.25) is 15.9 Å². The number of sulfonamides is 1. The summed E-state index contributed by atoms with van der Waals surface area (Å²) in [6, 6.07) is 0. The summed E-state index contributed by atoms with van der Waals surface area (Å²) < 4.78 is 27.2. The fraction of sp³-hybridized carbons (Fsp3) is 0.833. The van der Waals surface area contributed by atoms with Crippen LogP contribution in [0.4, 0.5) is 0 Å². The molecular formula is C18H30N2O4S. The van der Waals surface area contributed by atoms with Gasteiger partial charge in [0.1, 0.15) is 0 Å². The van der Waals surface area contributed by atoms with Crippen LogP contribution in [0.1, 0.15) is 57.8 Å². The van der Waals surface area contributed by atoms with Crippen LogP contribution in [-0.4, -0.2) is 60.1 Å². The number of piperidine rings is 2. The molecule has 0 aromatic carbocycles. The van der Waals surface area contributed by atoms with Crippen molar-refractivity contribution in [3.05, 3.63) is 11.8 Å². The molecule has 1 unspecified atom stereocenters. The third kappa shape index (κ3) is 4.56. The smallest absolute Gasteiger partial charge is 0.234 e. The van der Waals surface area contributed by atoms with Crippen molar-refractivity contribution in [3.8, 4) is 0 Å². The molecule has 0 aromatic rings. The number of allylic oxidation sites excluding steroid dienone is 2. The third-order valence-electron chi connectivity index (χ3n) is 5.61. The highest BCUT2D eigenvalue weighted by molar-refractivity contribution is 7.89. The maximum atomic E-state index is 12.8. The maximum Gasteiger partial charge on any atom is 0.234 e. The molecule has 0 spiro atoms. The predicted molar refractivity (Wildman–Crippen MR) is 96.2 cm³/mol. The fourth-order valence-electron chi connectivity index (χ4n) is 4.29. The van der Waals surface area contributed by atoms with E-state index in [-0.39, 0.29) is 18.1 Å². The van der Waals surface area contributed by atoms with Crippen LogP contribution in [0, 0.1) is 5.92 Å². The highest BCUT2D eigenvalue weighted by Gasteiger charge is 2.33. The first-order valence-corrected chi connectivity index (χ1v) is 11.2. The van der Waals surface area contributed by atoms with Crippen LogP contribution in [0.25, 0.3) is 0 Å². The van der Waals surface area contributed by atoms with Crippen molar-refractivity contribution in [2.75, 3.05) is 25.4 Å². The van der Waals surface area contributed by atoms with Crippen LogP contribution in [0.3, 0.4) is 0 Å². The molecule has 1 N–H and O–H groups in total. The summed E-state index contributed by atoms with van der Waals surface area (Å²) in [6.45, 7) is 1.63. The van der Waals surface area contributed by atoms with E-state index in [0.717, 1.165) is 50.6 Å². The number of fused-ring (bicyclic) bond motifs is 1. The Hall–Kier alpha value is -1.08. The summed E-state index contributed by atoms with van der Waals surface area (Å²) in [6.07, 6.45) is 9.02. The molecular weight excluding hydrogens is 340 g/mol. The lowest BCUT2D eigenvalue weighted by Gasteiger charge is -2.38. The molecule has 0 saturated carbocycles. The standard InChI is InChI=1S/C18H30N2O4S/c21-16-8-4-11-19(14-16)18(22)10-5-13-25(23,24)20-12-3-7-15-6-1-2-9-17(15)20/h9,15-16,21H,1-8,10-14H2/t15?,16-/m1/s1. The highest BCUT2D eigenvalue weighted by Crippen LogP contribution is 2.36. The monoisotopic (exact) mass is 370 g/mol. The normalized spacial score (nSPS) is 27.6. The largest absolute Gasteiger partial charge is 0.391 e. The van der Waals surface area contributed by atoms with E-state index in [1.807, 2.05) is 0 Å². The molecule has 3 rings (SSSR count). The second kappa shape index (κ2) is 8.08. The van der Waals surface area contributed by atoms with Gasteiger partial charge in [-0.25, -0.2) is 8.42 Å². The van der Waals surface area contributed by atoms with Crippen LogP contribution in [0.2, 0.25) is 0 Å². The van der Waals surface area contributed by atoms with Crippen molar-refractivity contribution in [1.29, 1.82) is 0 Å². The number of carbonyl (C=O) groups is 1. The van der Waals surface area contributed by atoms with E-state index in [0.29, 0.717) is 32.0 Å². The Bertz CT molecular complexity index is 617. The van der Waals surface area contributed by atoms with Crippen LogP contribution in [-0.2, 0) is 14.8 Å². The molecule has 0 radical (unpaired) electrons. The van der Waals surface area contributed by atoms with Crippen molar-refractivity contribution < 1.29 is 18.3 Å². The molecule has 6 nitrogen and oxygen atoms in total. The van der Waals surface area contributed by atoms with Crippen LogP contribution < -0.4 is 0 Å². The summed E-state index contributed by atoms with van der Waals surface area (Å²) in [4.78, 5) is 13.9. The van der Waals surface area contributed by atoms with E-state index < -0.39 is 16.1 Å². The first-order valence-electron chi connectivity index (χ1n) is 9.63. The van der Waals surface area contributed by atoms with E-state index in [1.165, 1.54) is 0 Å². The predicted octanol–water partition coefficient (Wildman–Crippen LogP) is 1.86. The third-order valence-corrected chi connectivity index (χ3v) is 7.48. The van der Waals surface area contributed by atoms with E-state index in [1.54, 1.807) is 9.21 Å². The van der Waals surface area contributed by atoms with E-state index in [9.17, 15) is 18.3 Å². The molecule has 2 atom stereocenters. The van der Waals surface area contributed by atoms with Gasteiger partial charge in [-0.3, -0.25) is 9.10 Å². The van der Waals surface area contributed by atoms with Gasteiger partial charge in [0.15, 0.2) is 0 Å². The van der Waals surface area contributed by atoms with Crippen molar-refractivity contribution in [2.45, 2.75) is 63.9 Å². The highest BCUT2D eigenvalue weighted by atomic mass is 32.2. The molecule has 7 heteroatoms. The van der Waals surface area contributed by atoms with Crippen LogP contribution >= 0.6 is 0 Å². The molecule has 2 fully saturated rings. The minimum absolute atomic E-state index is 0.0270. The second-order valence-corrected chi connectivity index (χ2v) is 9.54. The Labute approximate surface area is 150 Å². The number of likely N-dealkylation sites (tertiary alicyclic amines) is 1. The number of rotatable bonds is 5. The Morgan fingerprint density at radius 1 is 1.16 bits per heavy atom. The molecule has 2 aliphatic heterocycles. The van der Waals surface area contributed by atoms with E-state index >= 15 is 0 Å². The molecule has 3 aliphatic rings. The van der Waals surface area contributed by atoms with Crippen molar-refractivity contribution in [2.24, 2.45) is 5.92 Å². The molecule has 25 heavy (non-hydrogen) atoms. The molecule has 2 saturated heterocycles. The zero-order valence-corrected chi connectivity index (χ0v) is 15.7. The first-order chi connectivity index (χ1) is 12.0. The van der Waals surface area contributed by atoms with Gasteiger partial charge in [-0.05, 0) is 57.3 Å². The quantitative estimate of drug-likeness (QED) is 0.801. The number of hydrogen-bond acceptors (Lipinski definition) is 4. The minimum atomic E-state index is -3.35. The number of aliphatic hydroxyl groups is 1. The molecule has 0 aromatic heterocycles. The maximum absolute atomic E-state index is 12.8. The van der Waals surface area contributed by atoms with Crippen molar-refractivity contribution in [1.82, 2.24) is 9.21 Å². The van der Waals surface area contributed by atoms with Gasteiger partial charge in [0.25, 0.3) is 0 Å². The summed E-state index contributed by atoms with van der Waals surface area (Å²) >= 11 is 0. The summed E-state index contributed by atoms with van der Waals surface area (Å²) in [5.74, 6) is 0.384. The van der Waals surface area contributed by atoms with Gasteiger partial charge < -0.3 is 10.0 Å². The van der Waals surface area contributed by atoms with Gasteiger partial charge >= 0.3 is 0 Å². The van der Waals surface area contributed by atoms with Crippen LogP contribution in [0.15, 0.2) is 11.8 Å². The Kier molecular flexibility index (Phi) is 6.04. The van der Waals surface area contributed by atoms with Crippen molar-refractivity contribution in [3.63, 3.8) is 0 Å². The Morgan fingerprint density at radius 3 is 2.72 bits per heavy atom. The van der Waals surface area contributed by atoms with Crippen molar-refractivity contribution >= 4 is 15.9 Å². The molecule has 1 aliphatic carbocycles. The summed E-state index contributed by atoms with van der Waals surface area (Å²) in [7, 11) is -3.35. The van der Waals surface area contributed by atoms with Gasteiger partial charge in [-0.1, -0.05) is 6.08 Å². The van der Waals surface area contributed by atoms with Gasteiger partial charge in [-0.2, -0.15) is 0 Å². The number of hydrogen-bond donors (Lipinski definition) is 1. The summed E-state index contributed by atoms with van der Waals surface area (Å²) in [5, 5.41) is 9.66. The molecule has 142 valence electrons. The molecule has 0 bridgehead atoms. The van der Waals surface area contributed by atoms with Gasteiger partial charge in [0, 0.05) is 31.8 Å². The van der Waals surface area contributed by atoms with Gasteiger partial charge in [-0.15, -0.1) is 0 Å². The average Bonchev–Trinajstić information content (AvgIpc) is 2.61. The Balaban J connectivity index is 1.53. The first kappa shape index (κ1) is 18.7. The zero-order valence-electron chi connectivity index (χ0n) is 14.9. The molecule has 2 heterocycles. The topological polar surface area (TPSA) is 77.9 Å². The molecule has 1 amide bonds. The SMILES string of the molecule is O=C(CCCS(=O)(=O)N1CCCC2CCCC=C21)N1CCC[C@@H](O)C1. The second-order valence-electron chi connectivity index (χ2n) is 7.53. The number of carbonyl (C=O) groups excluding carboxylic acids is 1. The zero-order chi connectivity index (χ0) is 17.9. The number of β-amino-alcohol motifs (C(OH)–C–C–N with tert-alkyl or cyclic N) is 1. The lowest BCUT2D eigenvalue weighted by atomic mass is 9.86. The lowest BCUT2D eigenvalue weighted by molar-refractivity contribution is -0.134. The van der Waals surface area contributed by atoms with Gasteiger partial charge in [0.05, 0.1) is 11.9 Å².